The minimum Gasteiger partial charge on any atom is -0.486 e. The summed E-state index contributed by atoms with van der Waals surface area (Å²) in [6.07, 6.45) is 2.42. The summed E-state index contributed by atoms with van der Waals surface area (Å²) in [6, 6.07) is 7.58. The summed E-state index contributed by atoms with van der Waals surface area (Å²) in [4.78, 5) is 13.6. The fourth-order valence-electron chi connectivity index (χ4n) is 2.98. The number of para-hydroxylation sites is 1. The molecule has 2 aliphatic heterocycles. The van der Waals surface area contributed by atoms with Crippen LogP contribution in [0.25, 0.3) is 0 Å². The van der Waals surface area contributed by atoms with Crippen molar-refractivity contribution in [3.05, 3.63) is 29.8 Å². The van der Waals surface area contributed by atoms with Crippen LogP contribution in [0.1, 0.15) is 31.2 Å². The molecule has 1 saturated heterocycles. The maximum Gasteiger partial charge on any atom is 0.222 e. The van der Waals surface area contributed by atoms with Gasteiger partial charge in [-0.15, -0.1) is 0 Å². The van der Waals surface area contributed by atoms with E-state index in [1.54, 1.807) is 4.90 Å². The molecule has 0 aliphatic carbocycles. The highest BCUT2D eigenvalue weighted by Crippen LogP contribution is 2.39. The number of carbonyl (C=O) groups excluding carboxylic acids is 1. The third-order valence-corrected chi connectivity index (χ3v) is 4.26. The van der Waals surface area contributed by atoms with E-state index in [9.17, 15) is 10.0 Å². The molecular formula is C15H18N2O3. The number of oxime groups is 1. The van der Waals surface area contributed by atoms with Crippen molar-refractivity contribution in [2.75, 3.05) is 13.6 Å². The van der Waals surface area contributed by atoms with Crippen molar-refractivity contribution in [1.82, 2.24) is 4.90 Å². The summed E-state index contributed by atoms with van der Waals surface area (Å²) >= 11 is 0. The van der Waals surface area contributed by atoms with Gasteiger partial charge in [0.25, 0.3) is 0 Å². The van der Waals surface area contributed by atoms with Gasteiger partial charge in [0.1, 0.15) is 11.4 Å². The second-order valence-corrected chi connectivity index (χ2v) is 5.57. The monoisotopic (exact) mass is 274 g/mol. The lowest BCUT2D eigenvalue weighted by Crippen LogP contribution is -2.43. The molecule has 1 N–H and O–H groups in total. The topological polar surface area (TPSA) is 62.1 Å². The molecule has 1 amide bonds. The number of carbonyl (C=O) groups is 1. The van der Waals surface area contributed by atoms with Gasteiger partial charge in [-0.3, -0.25) is 4.79 Å². The number of amides is 1. The molecule has 3 rings (SSSR count). The number of hydrogen-bond acceptors (Lipinski definition) is 4. The van der Waals surface area contributed by atoms with Crippen LogP contribution in [0.2, 0.25) is 0 Å². The minimum absolute atomic E-state index is 0.145. The SMILES string of the molecule is CN1CC[C@@]2(CCC1=O)C/C(=N/O)c1ccccc1O2. The zero-order valence-electron chi connectivity index (χ0n) is 11.5. The Morgan fingerprint density at radius 2 is 2.15 bits per heavy atom. The molecule has 2 heterocycles. The van der Waals surface area contributed by atoms with Crippen LogP contribution >= 0.6 is 0 Å². The lowest BCUT2D eigenvalue weighted by molar-refractivity contribution is -0.129. The lowest BCUT2D eigenvalue weighted by atomic mass is 9.84. The molecule has 5 nitrogen and oxygen atoms in total. The lowest BCUT2D eigenvalue weighted by Gasteiger charge is -2.38. The van der Waals surface area contributed by atoms with Crippen LogP contribution in [0.4, 0.5) is 0 Å². The molecule has 106 valence electrons. The van der Waals surface area contributed by atoms with E-state index < -0.39 is 5.60 Å². The van der Waals surface area contributed by atoms with E-state index in [2.05, 4.69) is 5.16 Å². The molecule has 20 heavy (non-hydrogen) atoms. The number of rotatable bonds is 0. The Morgan fingerprint density at radius 1 is 1.35 bits per heavy atom. The molecule has 1 spiro atoms. The zero-order valence-corrected chi connectivity index (χ0v) is 11.5. The maximum atomic E-state index is 11.8. The standard InChI is InChI=1S/C15H18N2O3/c1-17-9-8-15(7-6-14(17)18)10-12(16-19)11-4-2-3-5-13(11)20-15/h2-5,19H,6-10H2,1H3/b16-12-/t15-/m0/s1. The molecule has 0 radical (unpaired) electrons. The average molecular weight is 274 g/mol. The molecule has 2 aliphatic rings. The van der Waals surface area contributed by atoms with E-state index in [0.717, 1.165) is 17.7 Å². The van der Waals surface area contributed by atoms with E-state index >= 15 is 0 Å². The van der Waals surface area contributed by atoms with Crippen LogP contribution in [-0.4, -0.2) is 40.9 Å². The van der Waals surface area contributed by atoms with Crippen molar-refractivity contribution in [3.8, 4) is 5.75 Å². The Labute approximate surface area is 117 Å². The van der Waals surface area contributed by atoms with Crippen molar-refractivity contribution in [3.63, 3.8) is 0 Å². The number of hydrogen-bond donors (Lipinski definition) is 1. The van der Waals surface area contributed by atoms with Gasteiger partial charge in [0, 0.05) is 38.4 Å². The molecule has 0 unspecified atom stereocenters. The zero-order chi connectivity index (χ0) is 14.2. The van der Waals surface area contributed by atoms with Crippen LogP contribution in [0, 0.1) is 0 Å². The van der Waals surface area contributed by atoms with Crippen LogP contribution in [0.3, 0.4) is 0 Å². The first-order chi connectivity index (χ1) is 9.63. The second kappa shape index (κ2) is 4.81. The molecule has 1 fully saturated rings. The van der Waals surface area contributed by atoms with Crippen LogP contribution in [0.5, 0.6) is 5.75 Å². The highest BCUT2D eigenvalue weighted by atomic mass is 16.5. The molecule has 1 aromatic carbocycles. The van der Waals surface area contributed by atoms with E-state index in [1.807, 2.05) is 31.3 Å². The van der Waals surface area contributed by atoms with Crippen molar-refractivity contribution >= 4 is 11.6 Å². The van der Waals surface area contributed by atoms with E-state index in [1.165, 1.54) is 0 Å². The van der Waals surface area contributed by atoms with Gasteiger partial charge >= 0.3 is 0 Å². The predicted octanol–water partition coefficient (Wildman–Crippen LogP) is 2.03. The Bertz CT molecular complexity index is 570. The Hall–Kier alpha value is -2.04. The largest absolute Gasteiger partial charge is 0.486 e. The number of ether oxygens (including phenoxy) is 1. The van der Waals surface area contributed by atoms with Crippen LogP contribution in [0.15, 0.2) is 29.4 Å². The highest BCUT2D eigenvalue weighted by molar-refractivity contribution is 6.04. The summed E-state index contributed by atoms with van der Waals surface area (Å²) < 4.78 is 6.20. The minimum atomic E-state index is -0.434. The Kier molecular flexibility index (Phi) is 3.12. The summed E-state index contributed by atoms with van der Waals surface area (Å²) in [5.41, 5.74) is 1.05. The fourth-order valence-corrected chi connectivity index (χ4v) is 2.98. The van der Waals surface area contributed by atoms with Crippen molar-refractivity contribution in [2.24, 2.45) is 5.16 Å². The average Bonchev–Trinajstić information content (AvgIpc) is 2.61. The van der Waals surface area contributed by atoms with Gasteiger partial charge in [-0.05, 0) is 18.6 Å². The molecule has 1 aromatic rings. The smallest absolute Gasteiger partial charge is 0.222 e. The van der Waals surface area contributed by atoms with Crippen molar-refractivity contribution in [2.45, 2.75) is 31.3 Å². The van der Waals surface area contributed by atoms with Gasteiger partial charge in [-0.1, -0.05) is 17.3 Å². The number of nitrogens with zero attached hydrogens (tertiary/aromatic N) is 2. The molecule has 0 saturated carbocycles. The highest BCUT2D eigenvalue weighted by Gasteiger charge is 2.41. The molecule has 0 bridgehead atoms. The van der Waals surface area contributed by atoms with Gasteiger partial charge in [0.2, 0.25) is 5.91 Å². The van der Waals surface area contributed by atoms with Gasteiger partial charge in [0.05, 0.1) is 5.71 Å². The maximum absolute atomic E-state index is 11.8. The molecule has 1 atom stereocenters. The van der Waals surface area contributed by atoms with E-state index in [4.69, 9.17) is 4.74 Å². The first-order valence-corrected chi connectivity index (χ1v) is 6.87. The van der Waals surface area contributed by atoms with Gasteiger partial charge in [-0.25, -0.2) is 0 Å². The van der Waals surface area contributed by atoms with E-state index in [0.29, 0.717) is 31.5 Å². The normalized spacial score (nSPS) is 28.1. The van der Waals surface area contributed by atoms with Crippen LogP contribution in [-0.2, 0) is 4.79 Å². The predicted molar refractivity (Wildman–Crippen MR) is 74.2 cm³/mol. The first kappa shape index (κ1) is 13.0. The van der Waals surface area contributed by atoms with Gasteiger partial charge in [0.15, 0.2) is 0 Å². The third-order valence-electron chi connectivity index (χ3n) is 4.26. The van der Waals surface area contributed by atoms with Crippen molar-refractivity contribution in [1.29, 1.82) is 0 Å². The second-order valence-electron chi connectivity index (χ2n) is 5.57. The quantitative estimate of drug-likeness (QED) is 0.581. The fraction of sp³-hybridized carbons (Fsp3) is 0.467. The molecule has 0 aromatic heterocycles. The molecular weight excluding hydrogens is 256 g/mol. The summed E-state index contributed by atoms with van der Waals surface area (Å²) in [5.74, 6) is 0.885. The van der Waals surface area contributed by atoms with Gasteiger partial charge in [-0.2, -0.15) is 0 Å². The number of likely N-dealkylation sites (tertiary alicyclic amines) is 1. The van der Waals surface area contributed by atoms with Gasteiger partial charge < -0.3 is 14.8 Å². The number of benzene rings is 1. The third kappa shape index (κ3) is 2.13. The summed E-state index contributed by atoms with van der Waals surface area (Å²) in [5, 5.41) is 12.7. The summed E-state index contributed by atoms with van der Waals surface area (Å²) in [7, 11) is 1.82. The Morgan fingerprint density at radius 3 is 2.95 bits per heavy atom. The van der Waals surface area contributed by atoms with Crippen LogP contribution < -0.4 is 4.74 Å². The first-order valence-electron chi connectivity index (χ1n) is 6.87. The van der Waals surface area contributed by atoms with E-state index in [-0.39, 0.29) is 5.91 Å². The Balaban J connectivity index is 1.95. The molecule has 5 heteroatoms. The number of fused-ring (bicyclic) bond motifs is 1. The summed E-state index contributed by atoms with van der Waals surface area (Å²) in [6.45, 7) is 0.666. The van der Waals surface area contributed by atoms with Crippen molar-refractivity contribution < 1.29 is 14.7 Å².